The van der Waals surface area contributed by atoms with Crippen LogP contribution in [0.3, 0.4) is 0 Å². The van der Waals surface area contributed by atoms with Gasteiger partial charge in [0.05, 0.1) is 6.61 Å². The summed E-state index contributed by atoms with van der Waals surface area (Å²) in [5, 5.41) is 0. The van der Waals surface area contributed by atoms with E-state index in [2.05, 4.69) is 0 Å². The van der Waals surface area contributed by atoms with E-state index in [1.54, 1.807) is 31.1 Å². The first-order valence-electron chi connectivity index (χ1n) is 5.18. The highest BCUT2D eigenvalue weighted by molar-refractivity contribution is 5.75. The van der Waals surface area contributed by atoms with Crippen LogP contribution in [-0.4, -0.2) is 31.5 Å². The van der Waals surface area contributed by atoms with Crippen molar-refractivity contribution in [1.29, 1.82) is 0 Å². The van der Waals surface area contributed by atoms with E-state index >= 15 is 0 Å². The van der Waals surface area contributed by atoms with Gasteiger partial charge in [-0.15, -0.1) is 0 Å². The molecule has 1 rings (SSSR count). The van der Waals surface area contributed by atoms with Gasteiger partial charge in [-0.2, -0.15) is 0 Å². The zero-order valence-electron chi connectivity index (χ0n) is 9.57. The van der Waals surface area contributed by atoms with Crippen LogP contribution in [-0.2, 0) is 4.79 Å². The largest absolute Gasteiger partial charge is 0.493 e. The average molecular weight is 225 g/mol. The minimum Gasteiger partial charge on any atom is -0.493 e. The Hall–Kier alpha value is -1.58. The Kier molecular flexibility index (Phi) is 4.76. The first-order valence-corrected chi connectivity index (χ1v) is 5.18. The number of halogens is 1. The lowest BCUT2D eigenvalue weighted by Gasteiger charge is -2.10. The summed E-state index contributed by atoms with van der Waals surface area (Å²) in [5.41, 5.74) is 0. The predicted octanol–water partition coefficient (Wildman–Crippen LogP) is 2.07. The number of benzene rings is 1. The summed E-state index contributed by atoms with van der Waals surface area (Å²) in [7, 11) is 3.44. The molecule has 1 aromatic carbocycles. The van der Waals surface area contributed by atoms with Crippen LogP contribution in [0.2, 0.25) is 0 Å². The van der Waals surface area contributed by atoms with Crippen molar-refractivity contribution < 1.29 is 13.9 Å². The maximum Gasteiger partial charge on any atom is 0.222 e. The Morgan fingerprint density at radius 2 is 2.19 bits per heavy atom. The van der Waals surface area contributed by atoms with Gasteiger partial charge in [0.2, 0.25) is 5.91 Å². The summed E-state index contributed by atoms with van der Waals surface area (Å²) in [6.45, 7) is 0.420. The molecule has 0 aromatic heterocycles. The summed E-state index contributed by atoms with van der Waals surface area (Å²) in [6.07, 6.45) is 1.08. The fraction of sp³-hybridized carbons (Fsp3) is 0.417. The van der Waals surface area contributed by atoms with E-state index < -0.39 is 0 Å². The highest BCUT2D eigenvalue weighted by atomic mass is 19.1. The summed E-state index contributed by atoms with van der Waals surface area (Å²) in [4.78, 5) is 12.8. The third kappa shape index (κ3) is 4.29. The Morgan fingerprint density at radius 3 is 2.81 bits per heavy atom. The number of rotatable bonds is 5. The fourth-order valence-corrected chi connectivity index (χ4v) is 1.19. The smallest absolute Gasteiger partial charge is 0.222 e. The number of hydrogen-bond donors (Lipinski definition) is 0. The Labute approximate surface area is 94.8 Å². The zero-order chi connectivity index (χ0) is 12.0. The lowest BCUT2D eigenvalue weighted by Crippen LogP contribution is -2.21. The second kappa shape index (κ2) is 6.10. The van der Waals surface area contributed by atoms with Gasteiger partial charge in [0, 0.05) is 26.6 Å². The Bertz CT molecular complexity index is 353. The SMILES string of the molecule is CN(C)C(=O)CCCOc1cccc(F)c1. The molecule has 0 radical (unpaired) electrons. The molecule has 0 saturated carbocycles. The number of carbonyl (C=O) groups is 1. The second-order valence-corrected chi connectivity index (χ2v) is 3.70. The zero-order valence-corrected chi connectivity index (χ0v) is 9.57. The molecule has 4 heteroatoms. The molecule has 3 nitrogen and oxygen atoms in total. The van der Waals surface area contributed by atoms with Crippen molar-refractivity contribution in [3.05, 3.63) is 30.1 Å². The number of nitrogens with zero attached hydrogens (tertiary/aromatic N) is 1. The van der Waals surface area contributed by atoms with E-state index in [4.69, 9.17) is 4.74 Å². The average Bonchev–Trinajstić information content (AvgIpc) is 2.24. The van der Waals surface area contributed by atoms with Crippen LogP contribution in [0.1, 0.15) is 12.8 Å². The maximum atomic E-state index is 12.8. The van der Waals surface area contributed by atoms with Crippen molar-refractivity contribution in [2.75, 3.05) is 20.7 Å². The van der Waals surface area contributed by atoms with Crippen molar-refractivity contribution in [2.24, 2.45) is 0 Å². The van der Waals surface area contributed by atoms with E-state index in [9.17, 15) is 9.18 Å². The van der Waals surface area contributed by atoms with Gasteiger partial charge in [-0.25, -0.2) is 4.39 Å². The maximum absolute atomic E-state index is 12.8. The molecule has 0 heterocycles. The first kappa shape index (κ1) is 12.5. The Balaban J connectivity index is 2.23. The highest BCUT2D eigenvalue weighted by Crippen LogP contribution is 2.12. The molecule has 0 aliphatic heterocycles. The van der Waals surface area contributed by atoms with Crippen LogP contribution < -0.4 is 4.74 Å². The number of ether oxygens (including phenoxy) is 1. The fourth-order valence-electron chi connectivity index (χ4n) is 1.19. The Morgan fingerprint density at radius 1 is 1.44 bits per heavy atom. The van der Waals surface area contributed by atoms with Crippen LogP contribution in [0.5, 0.6) is 5.75 Å². The number of hydrogen-bond acceptors (Lipinski definition) is 2. The third-order valence-electron chi connectivity index (χ3n) is 2.10. The van der Waals surface area contributed by atoms with E-state index in [-0.39, 0.29) is 11.7 Å². The molecule has 0 unspecified atom stereocenters. The molecule has 0 aliphatic carbocycles. The predicted molar refractivity (Wildman–Crippen MR) is 59.8 cm³/mol. The lowest BCUT2D eigenvalue weighted by atomic mass is 10.3. The van der Waals surface area contributed by atoms with E-state index in [0.717, 1.165) is 0 Å². The van der Waals surface area contributed by atoms with Gasteiger partial charge in [0.1, 0.15) is 11.6 Å². The first-order chi connectivity index (χ1) is 7.59. The minimum absolute atomic E-state index is 0.0721. The summed E-state index contributed by atoms with van der Waals surface area (Å²) in [6, 6.07) is 5.97. The highest BCUT2D eigenvalue weighted by Gasteiger charge is 2.03. The van der Waals surface area contributed by atoms with E-state index in [0.29, 0.717) is 25.2 Å². The number of carbonyl (C=O) groups excluding carboxylic acids is 1. The van der Waals surface area contributed by atoms with Crippen LogP contribution in [0.4, 0.5) is 4.39 Å². The topological polar surface area (TPSA) is 29.5 Å². The molecule has 1 amide bonds. The second-order valence-electron chi connectivity index (χ2n) is 3.70. The van der Waals surface area contributed by atoms with E-state index in [1.165, 1.54) is 12.1 Å². The monoisotopic (exact) mass is 225 g/mol. The molecule has 0 fully saturated rings. The molecule has 88 valence electrons. The summed E-state index contributed by atoms with van der Waals surface area (Å²) >= 11 is 0. The molecule has 1 aromatic rings. The van der Waals surface area contributed by atoms with Crippen LogP contribution >= 0.6 is 0 Å². The van der Waals surface area contributed by atoms with Crippen LogP contribution in [0.25, 0.3) is 0 Å². The normalized spacial score (nSPS) is 9.94. The third-order valence-corrected chi connectivity index (χ3v) is 2.10. The van der Waals surface area contributed by atoms with Gasteiger partial charge in [0.25, 0.3) is 0 Å². The molecule has 0 spiro atoms. The van der Waals surface area contributed by atoms with Crippen molar-refractivity contribution in [3.63, 3.8) is 0 Å². The van der Waals surface area contributed by atoms with Gasteiger partial charge >= 0.3 is 0 Å². The molecule has 0 aliphatic rings. The van der Waals surface area contributed by atoms with Gasteiger partial charge in [-0.1, -0.05) is 6.07 Å². The molecule has 0 N–H and O–H groups in total. The van der Waals surface area contributed by atoms with Crippen molar-refractivity contribution in [3.8, 4) is 5.75 Å². The quantitative estimate of drug-likeness (QED) is 0.718. The van der Waals surface area contributed by atoms with Crippen LogP contribution in [0, 0.1) is 5.82 Å². The summed E-state index contributed by atoms with van der Waals surface area (Å²) < 4.78 is 18.1. The summed E-state index contributed by atoms with van der Waals surface area (Å²) in [5.74, 6) is 0.252. The van der Waals surface area contributed by atoms with E-state index in [1.807, 2.05) is 0 Å². The standard InChI is InChI=1S/C12H16FNO2/c1-14(2)12(15)7-4-8-16-11-6-3-5-10(13)9-11/h3,5-6,9H,4,7-8H2,1-2H3. The van der Waals surface area contributed by atoms with Crippen molar-refractivity contribution >= 4 is 5.91 Å². The minimum atomic E-state index is -0.318. The van der Waals surface area contributed by atoms with Gasteiger partial charge in [-0.05, 0) is 18.6 Å². The van der Waals surface area contributed by atoms with Gasteiger partial charge in [0.15, 0.2) is 0 Å². The number of amides is 1. The van der Waals surface area contributed by atoms with Gasteiger partial charge in [-0.3, -0.25) is 4.79 Å². The molecular formula is C12H16FNO2. The van der Waals surface area contributed by atoms with Gasteiger partial charge < -0.3 is 9.64 Å². The lowest BCUT2D eigenvalue weighted by molar-refractivity contribution is -0.128. The molecular weight excluding hydrogens is 209 g/mol. The van der Waals surface area contributed by atoms with Crippen molar-refractivity contribution in [1.82, 2.24) is 4.90 Å². The molecule has 16 heavy (non-hydrogen) atoms. The van der Waals surface area contributed by atoms with Crippen LogP contribution in [0.15, 0.2) is 24.3 Å². The molecule has 0 bridgehead atoms. The van der Waals surface area contributed by atoms with Crippen molar-refractivity contribution in [2.45, 2.75) is 12.8 Å². The molecule has 0 atom stereocenters. The molecule has 0 saturated heterocycles.